The van der Waals surface area contributed by atoms with E-state index in [-0.39, 0.29) is 5.91 Å². The van der Waals surface area contributed by atoms with Gasteiger partial charge in [-0.05, 0) is 31.2 Å². The normalized spacial score (nSPS) is 10.5. The predicted octanol–water partition coefficient (Wildman–Crippen LogP) is 4.59. The van der Waals surface area contributed by atoms with E-state index in [9.17, 15) is 4.79 Å². The van der Waals surface area contributed by atoms with Crippen LogP contribution < -0.4 is 10.1 Å². The summed E-state index contributed by atoms with van der Waals surface area (Å²) >= 11 is 3.13. The molecule has 1 aromatic carbocycles. The quantitative estimate of drug-likeness (QED) is 0.712. The van der Waals surface area contributed by atoms with E-state index in [1.807, 2.05) is 41.8 Å². The molecular weight excluding hydrogens is 328 g/mol. The number of thiazole rings is 1. The average molecular weight is 344 g/mol. The molecule has 0 aliphatic carbocycles. The molecular formula is C17H16N2O2S2. The summed E-state index contributed by atoms with van der Waals surface area (Å²) in [4.78, 5) is 18.8. The Balaban J connectivity index is 1.49. The molecule has 23 heavy (non-hydrogen) atoms. The molecule has 0 radical (unpaired) electrons. The van der Waals surface area contributed by atoms with Crippen LogP contribution in [0.5, 0.6) is 5.75 Å². The zero-order valence-electron chi connectivity index (χ0n) is 12.6. The lowest BCUT2D eigenvalue weighted by molar-refractivity contribution is -0.116. The van der Waals surface area contributed by atoms with E-state index < -0.39 is 0 Å². The minimum Gasteiger partial charge on any atom is -0.493 e. The summed E-state index contributed by atoms with van der Waals surface area (Å²) in [7, 11) is 0. The second-order valence-electron chi connectivity index (χ2n) is 4.91. The number of anilines is 1. The lowest BCUT2D eigenvalue weighted by Gasteiger charge is -2.05. The van der Waals surface area contributed by atoms with Crippen molar-refractivity contribution in [2.75, 3.05) is 11.9 Å². The lowest BCUT2D eigenvalue weighted by Crippen LogP contribution is -2.15. The number of nitrogens with one attached hydrogen (secondary N) is 1. The first kappa shape index (κ1) is 15.7. The van der Waals surface area contributed by atoms with E-state index in [1.54, 1.807) is 11.3 Å². The zero-order valence-corrected chi connectivity index (χ0v) is 14.2. The number of para-hydroxylation sites is 1. The van der Waals surface area contributed by atoms with Crippen molar-refractivity contribution >= 4 is 33.7 Å². The third-order valence-electron chi connectivity index (χ3n) is 3.08. The number of thiophene rings is 1. The van der Waals surface area contributed by atoms with Crippen molar-refractivity contribution < 1.29 is 9.53 Å². The van der Waals surface area contributed by atoms with Crippen LogP contribution in [-0.2, 0) is 4.79 Å². The molecule has 2 aromatic heterocycles. The van der Waals surface area contributed by atoms with Gasteiger partial charge in [-0.2, -0.15) is 0 Å². The van der Waals surface area contributed by atoms with Crippen molar-refractivity contribution in [3.8, 4) is 16.3 Å². The number of benzene rings is 1. The van der Waals surface area contributed by atoms with E-state index in [1.165, 1.54) is 16.2 Å². The molecule has 4 nitrogen and oxygen atoms in total. The Bertz CT molecular complexity index is 781. The van der Waals surface area contributed by atoms with Crippen LogP contribution in [0.2, 0.25) is 0 Å². The largest absolute Gasteiger partial charge is 0.493 e. The fraction of sp³-hybridized carbons (Fsp3) is 0.176. The molecule has 0 atom stereocenters. The number of carbonyl (C=O) groups is 1. The lowest BCUT2D eigenvalue weighted by atomic mass is 10.3. The highest BCUT2D eigenvalue weighted by Gasteiger charge is 2.09. The number of hydrogen-bond donors (Lipinski definition) is 1. The molecule has 3 rings (SSSR count). The Morgan fingerprint density at radius 2 is 2.04 bits per heavy atom. The van der Waals surface area contributed by atoms with Crippen molar-refractivity contribution in [1.29, 1.82) is 0 Å². The average Bonchev–Trinajstić information content (AvgIpc) is 3.17. The highest BCUT2D eigenvalue weighted by atomic mass is 32.1. The van der Waals surface area contributed by atoms with Crippen molar-refractivity contribution in [2.45, 2.75) is 13.3 Å². The molecule has 0 aliphatic heterocycles. The minimum absolute atomic E-state index is 0.0933. The van der Waals surface area contributed by atoms with Gasteiger partial charge in [-0.15, -0.1) is 22.7 Å². The van der Waals surface area contributed by atoms with Gasteiger partial charge < -0.3 is 10.1 Å². The van der Waals surface area contributed by atoms with E-state index in [4.69, 9.17) is 4.74 Å². The summed E-state index contributed by atoms with van der Waals surface area (Å²) in [6.45, 7) is 2.41. The molecule has 118 valence electrons. The zero-order chi connectivity index (χ0) is 16.1. The molecule has 0 bridgehead atoms. The maximum atomic E-state index is 11.9. The number of hydrogen-bond acceptors (Lipinski definition) is 5. The first-order valence-electron chi connectivity index (χ1n) is 7.21. The Labute approximate surface area is 142 Å². The molecule has 2 heterocycles. The number of rotatable bonds is 6. The number of aryl methyl sites for hydroxylation is 1. The maximum absolute atomic E-state index is 11.9. The van der Waals surface area contributed by atoms with Crippen LogP contribution in [0, 0.1) is 6.92 Å². The third-order valence-corrected chi connectivity index (χ3v) is 4.87. The van der Waals surface area contributed by atoms with E-state index in [2.05, 4.69) is 23.3 Å². The molecule has 0 aliphatic rings. The van der Waals surface area contributed by atoms with E-state index >= 15 is 0 Å². The summed E-state index contributed by atoms with van der Waals surface area (Å²) in [6.07, 6.45) is 0.294. The van der Waals surface area contributed by atoms with Gasteiger partial charge in [0, 0.05) is 10.3 Å². The second-order valence-corrected chi connectivity index (χ2v) is 7.05. The van der Waals surface area contributed by atoms with E-state index in [0.29, 0.717) is 18.2 Å². The Kier molecular flexibility index (Phi) is 5.05. The van der Waals surface area contributed by atoms with Gasteiger partial charge in [-0.25, -0.2) is 4.98 Å². The maximum Gasteiger partial charge on any atom is 0.229 e. The summed E-state index contributed by atoms with van der Waals surface area (Å²) in [6, 6.07) is 13.6. The predicted molar refractivity (Wildman–Crippen MR) is 95.3 cm³/mol. The number of nitrogens with zero attached hydrogens (tertiary/aromatic N) is 1. The van der Waals surface area contributed by atoms with Crippen LogP contribution in [0.1, 0.15) is 11.3 Å². The summed E-state index contributed by atoms with van der Waals surface area (Å²) in [5, 5.41) is 5.40. The van der Waals surface area contributed by atoms with Crippen molar-refractivity contribution in [3.63, 3.8) is 0 Å². The van der Waals surface area contributed by atoms with Crippen molar-refractivity contribution in [1.82, 2.24) is 4.98 Å². The smallest absolute Gasteiger partial charge is 0.229 e. The van der Waals surface area contributed by atoms with Crippen LogP contribution in [0.4, 0.5) is 5.13 Å². The molecule has 0 spiro atoms. The minimum atomic E-state index is -0.0933. The fourth-order valence-corrected chi connectivity index (χ4v) is 3.61. The van der Waals surface area contributed by atoms with Gasteiger partial charge in [-0.3, -0.25) is 4.79 Å². The highest BCUT2D eigenvalue weighted by molar-refractivity contribution is 7.17. The van der Waals surface area contributed by atoms with Gasteiger partial charge in [-0.1, -0.05) is 18.2 Å². The fourth-order valence-electron chi connectivity index (χ4n) is 1.98. The van der Waals surface area contributed by atoms with E-state index in [0.717, 1.165) is 16.3 Å². The summed E-state index contributed by atoms with van der Waals surface area (Å²) in [5.41, 5.74) is 0.906. The Morgan fingerprint density at radius 1 is 1.22 bits per heavy atom. The van der Waals surface area contributed by atoms with Crippen molar-refractivity contribution in [3.05, 3.63) is 52.7 Å². The van der Waals surface area contributed by atoms with Crippen LogP contribution in [0.15, 0.2) is 47.8 Å². The molecule has 1 N–H and O–H groups in total. The number of ether oxygens (including phenoxy) is 1. The molecule has 0 saturated heterocycles. The standard InChI is InChI=1S/C17H16N2O2S2/c1-12-7-8-15(23-12)14-11-22-17(18-14)19-16(20)9-10-21-13-5-3-2-4-6-13/h2-8,11H,9-10H2,1H3,(H,18,19,20). The van der Waals surface area contributed by atoms with Gasteiger partial charge in [0.1, 0.15) is 5.75 Å². The van der Waals surface area contributed by atoms with Gasteiger partial charge in [0.25, 0.3) is 0 Å². The first-order chi connectivity index (χ1) is 11.2. The molecule has 6 heteroatoms. The SMILES string of the molecule is Cc1ccc(-c2csc(NC(=O)CCOc3ccccc3)n2)s1. The Morgan fingerprint density at radius 3 is 2.78 bits per heavy atom. The van der Waals surface area contributed by atoms with Crippen LogP contribution >= 0.6 is 22.7 Å². The van der Waals surface area contributed by atoms with Gasteiger partial charge in [0.2, 0.25) is 5.91 Å². The third kappa shape index (κ3) is 4.40. The summed E-state index contributed by atoms with van der Waals surface area (Å²) in [5.74, 6) is 0.675. The highest BCUT2D eigenvalue weighted by Crippen LogP contribution is 2.30. The Hall–Kier alpha value is -2.18. The molecule has 0 unspecified atom stereocenters. The molecule has 1 amide bonds. The number of amides is 1. The molecule has 0 saturated carbocycles. The van der Waals surface area contributed by atoms with Crippen LogP contribution in [-0.4, -0.2) is 17.5 Å². The topological polar surface area (TPSA) is 51.2 Å². The van der Waals surface area contributed by atoms with Crippen LogP contribution in [0.25, 0.3) is 10.6 Å². The molecule has 0 fully saturated rings. The molecule has 3 aromatic rings. The number of aromatic nitrogens is 1. The first-order valence-corrected chi connectivity index (χ1v) is 8.90. The van der Waals surface area contributed by atoms with Gasteiger partial charge >= 0.3 is 0 Å². The summed E-state index contributed by atoms with van der Waals surface area (Å²) < 4.78 is 5.52. The second kappa shape index (κ2) is 7.39. The monoisotopic (exact) mass is 344 g/mol. The number of carbonyl (C=O) groups excluding carboxylic acids is 1. The van der Waals surface area contributed by atoms with Gasteiger partial charge in [0.15, 0.2) is 5.13 Å². The van der Waals surface area contributed by atoms with Crippen LogP contribution in [0.3, 0.4) is 0 Å². The van der Waals surface area contributed by atoms with Crippen molar-refractivity contribution in [2.24, 2.45) is 0 Å². The van der Waals surface area contributed by atoms with Gasteiger partial charge in [0.05, 0.1) is 23.6 Å².